The number of rotatable bonds is 6. The summed E-state index contributed by atoms with van der Waals surface area (Å²) in [7, 11) is 2.20. The van der Waals surface area contributed by atoms with Gasteiger partial charge in [-0.3, -0.25) is 0 Å². The second-order valence-electron chi connectivity index (χ2n) is 4.16. The first kappa shape index (κ1) is 12.3. The molecule has 0 aromatic rings. The summed E-state index contributed by atoms with van der Waals surface area (Å²) in [6.07, 6.45) is 5.25. The van der Waals surface area contributed by atoms with E-state index in [0.29, 0.717) is 12.1 Å². The summed E-state index contributed by atoms with van der Waals surface area (Å²) in [5, 5.41) is 0. The molecule has 1 aliphatic heterocycles. The van der Waals surface area contributed by atoms with Crippen LogP contribution in [0, 0.1) is 0 Å². The van der Waals surface area contributed by atoms with Gasteiger partial charge in [-0.1, -0.05) is 6.42 Å². The van der Waals surface area contributed by atoms with E-state index in [2.05, 4.69) is 18.9 Å². The van der Waals surface area contributed by atoms with Crippen molar-refractivity contribution in [2.24, 2.45) is 0 Å². The van der Waals surface area contributed by atoms with E-state index in [1.54, 1.807) is 0 Å². The van der Waals surface area contributed by atoms with Crippen LogP contribution in [0.5, 0.6) is 0 Å². The van der Waals surface area contributed by atoms with Crippen molar-refractivity contribution in [1.29, 1.82) is 0 Å². The van der Waals surface area contributed by atoms with Crippen LogP contribution in [0.2, 0.25) is 0 Å². The molecule has 0 amide bonds. The van der Waals surface area contributed by atoms with E-state index in [1.807, 2.05) is 0 Å². The number of alkyl halides is 1. The minimum absolute atomic E-state index is 0.410. The Hall–Kier alpha value is 0.210. The molecule has 0 N–H and O–H groups in total. The summed E-state index contributed by atoms with van der Waals surface area (Å²) in [4.78, 5) is 2.44. The highest BCUT2D eigenvalue weighted by molar-refractivity contribution is 6.17. The molecule has 84 valence electrons. The lowest BCUT2D eigenvalue weighted by atomic mass is 10.1. The molecule has 14 heavy (non-hydrogen) atoms. The number of unbranched alkanes of at least 4 members (excludes halogenated alkanes) is 2. The van der Waals surface area contributed by atoms with Crippen molar-refractivity contribution in [2.45, 2.75) is 44.8 Å². The molecule has 1 fully saturated rings. The third kappa shape index (κ3) is 3.76. The van der Waals surface area contributed by atoms with Crippen LogP contribution in [0.4, 0.5) is 0 Å². The van der Waals surface area contributed by atoms with Crippen molar-refractivity contribution in [3.05, 3.63) is 0 Å². The summed E-state index contributed by atoms with van der Waals surface area (Å²) < 4.78 is 5.55. The molecule has 0 saturated carbocycles. The van der Waals surface area contributed by atoms with Crippen LogP contribution in [0.15, 0.2) is 0 Å². The van der Waals surface area contributed by atoms with E-state index in [1.165, 1.54) is 25.8 Å². The second-order valence-corrected chi connectivity index (χ2v) is 4.54. The Morgan fingerprint density at radius 3 is 2.71 bits per heavy atom. The van der Waals surface area contributed by atoms with Gasteiger partial charge in [0.1, 0.15) is 0 Å². The molecule has 0 aromatic carbocycles. The molecule has 1 heterocycles. The SMILES string of the molecule is CC1OCCC1N(C)CCCCCCl. The second kappa shape index (κ2) is 6.65. The van der Waals surface area contributed by atoms with Crippen LogP contribution in [0.3, 0.4) is 0 Å². The molecule has 0 spiro atoms. The van der Waals surface area contributed by atoms with Gasteiger partial charge >= 0.3 is 0 Å². The predicted molar refractivity (Wildman–Crippen MR) is 61.0 cm³/mol. The molecule has 0 aliphatic carbocycles. The van der Waals surface area contributed by atoms with E-state index in [4.69, 9.17) is 16.3 Å². The van der Waals surface area contributed by atoms with E-state index >= 15 is 0 Å². The third-order valence-electron chi connectivity index (χ3n) is 3.05. The minimum Gasteiger partial charge on any atom is -0.377 e. The summed E-state index contributed by atoms with van der Waals surface area (Å²) in [5.74, 6) is 0.798. The molecular weight excluding hydrogens is 198 g/mol. The van der Waals surface area contributed by atoms with Gasteiger partial charge in [-0.2, -0.15) is 0 Å². The zero-order chi connectivity index (χ0) is 10.4. The maximum absolute atomic E-state index is 5.63. The van der Waals surface area contributed by atoms with E-state index in [9.17, 15) is 0 Å². The van der Waals surface area contributed by atoms with Crippen LogP contribution >= 0.6 is 11.6 Å². The van der Waals surface area contributed by atoms with Gasteiger partial charge < -0.3 is 9.64 Å². The Balaban J connectivity index is 2.11. The summed E-state index contributed by atoms with van der Waals surface area (Å²) in [6, 6.07) is 0.631. The van der Waals surface area contributed by atoms with Crippen LogP contribution in [-0.2, 0) is 4.74 Å². The molecule has 3 heteroatoms. The molecule has 1 saturated heterocycles. The first-order valence-corrected chi connectivity index (χ1v) is 6.17. The zero-order valence-corrected chi connectivity index (χ0v) is 10.1. The van der Waals surface area contributed by atoms with Gasteiger partial charge in [0.05, 0.1) is 6.10 Å². The predicted octanol–water partition coefficient (Wildman–Crippen LogP) is 2.50. The Labute approximate surface area is 92.6 Å². The number of hydrogen-bond acceptors (Lipinski definition) is 2. The van der Waals surface area contributed by atoms with Gasteiger partial charge in [-0.05, 0) is 39.8 Å². The Bertz CT molecular complexity index is 154. The van der Waals surface area contributed by atoms with Gasteiger partial charge in [0.2, 0.25) is 0 Å². The lowest BCUT2D eigenvalue weighted by Crippen LogP contribution is -2.37. The van der Waals surface area contributed by atoms with Crippen molar-refractivity contribution < 1.29 is 4.74 Å². The lowest BCUT2D eigenvalue weighted by Gasteiger charge is -2.26. The highest BCUT2D eigenvalue weighted by Gasteiger charge is 2.27. The van der Waals surface area contributed by atoms with Gasteiger partial charge in [0, 0.05) is 18.5 Å². The van der Waals surface area contributed by atoms with Crippen LogP contribution in [0.1, 0.15) is 32.6 Å². The molecule has 2 atom stereocenters. The standard InChI is InChI=1S/C11H22ClNO/c1-10-11(6-9-14-10)13(2)8-5-3-4-7-12/h10-11H,3-9H2,1-2H3. The number of likely N-dealkylation sites (N-methyl/N-ethyl adjacent to an activating group) is 1. The normalized spacial score (nSPS) is 27.4. The first-order valence-electron chi connectivity index (χ1n) is 5.63. The van der Waals surface area contributed by atoms with Crippen molar-refractivity contribution in [3.8, 4) is 0 Å². The third-order valence-corrected chi connectivity index (χ3v) is 3.31. The van der Waals surface area contributed by atoms with Crippen molar-refractivity contribution in [1.82, 2.24) is 4.90 Å². The molecule has 0 radical (unpaired) electrons. The first-order chi connectivity index (χ1) is 6.75. The summed E-state index contributed by atoms with van der Waals surface area (Å²) in [6.45, 7) is 4.28. The molecule has 2 unspecified atom stereocenters. The summed E-state index contributed by atoms with van der Waals surface area (Å²) >= 11 is 5.63. The van der Waals surface area contributed by atoms with Gasteiger partial charge in [0.15, 0.2) is 0 Å². The fraction of sp³-hybridized carbons (Fsp3) is 1.00. The highest BCUT2D eigenvalue weighted by Crippen LogP contribution is 2.18. The minimum atomic E-state index is 0.410. The van der Waals surface area contributed by atoms with Gasteiger partial charge in [0.25, 0.3) is 0 Å². The topological polar surface area (TPSA) is 12.5 Å². The average Bonchev–Trinajstić information content (AvgIpc) is 2.59. The fourth-order valence-corrected chi connectivity index (χ4v) is 2.29. The van der Waals surface area contributed by atoms with E-state index < -0.39 is 0 Å². The number of nitrogens with zero attached hydrogens (tertiary/aromatic N) is 1. The number of hydrogen-bond donors (Lipinski definition) is 0. The smallest absolute Gasteiger partial charge is 0.0702 e. The molecule has 1 aliphatic rings. The Morgan fingerprint density at radius 2 is 2.14 bits per heavy atom. The Kier molecular flexibility index (Phi) is 5.83. The number of ether oxygens (including phenoxy) is 1. The lowest BCUT2D eigenvalue weighted by molar-refractivity contribution is 0.0832. The molecular formula is C11H22ClNO. The summed E-state index contributed by atoms with van der Waals surface area (Å²) in [5.41, 5.74) is 0. The van der Waals surface area contributed by atoms with E-state index in [-0.39, 0.29) is 0 Å². The molecule has 2 nitrogen and oxygen atoms in total. The molecule has 0 bridgehead atoms. The average molecular weight is 220 g/mol. The maximum Gasteiger partial charge on any atom is 0.0702 e. The molecule has 1 rings (SSSR count). The van der Waals surface area contributed by atoms with Crippen LogP contribution in [-0.4, -0.2) is 43.1 Å². The monoisotopic (exact) mass is 219 g/mol. The largest absolute Gasteiger partial charge is 0.377 e. The fourth-order valence-electron chi connectivity index (χ4n) is 2.10. The van der Waals surface area contributed by atoms with E-state index in [0.717, 1.165) is 18.9 Å². The van der Waals surface area contributed by atoms with Crippen molar-refractivity contribution >= 4 is 11.6 Å². The maximum atomic E-state index is 5.63. The molecule has 0 aromatic heterocycles. The zero-order valence-electron chi connectivity index (χ0n) is 9.34. The van der Waals surface area contributed by atoms with Gasteiger partial charge in [-0.15, -0.1) is 11.6 Å². The Morgan fingerprint density at radius 1 is 1.36 bits per heavy atom. The highest BCUT2D eigenvalue weighted by atomic mass is 35.5. The van der Waals surface area contributed by atoms with Gasteiger partial charge in [-0.25, -0.2) is 0 Å². The van der Waals surface area contributed by atoms with Crippen LogP contribution < -0.4 is 0 Å². The quantitative estimate of drug-likeness (QED) is 0.503. The van der Waals surface area contributed by atoms with Crippen LogP contribution in [0.25, 0.3) is 0 Å². The number of halogens is 1. The van der Waals surface area contributed by atoms with Crippen molar-refractivity contribution in [2.75, 3.05) is 26.1 Å². The van der Waals surface area contributed by atoms with Crippen molar-refractivity contribution in [3.63, 3.8) is 0 Å².